The molecule has 1 N–H and O–H groups in total. The summed E-state index contributed by atoms with van der Waals surface area (Å²) in [5.41, 5.74) is 4.69. The molecular weight excluding hydrogens is 509 g/mol. The van der Waals surface area contributed by atoms with E-state index in [-0.39, 0.29) is 11.7 Å². The van der Waals surface area contributed by atoms with E-state index in [1.807, 2.05) is 0 Å². The van der Waals surface area contributed by atoms with E-state index in [9.17, 15) is 4.79 Å². The van der Waals surface area contributed by atoms with Gasteiger partial charge in [0.15, 0.2) is 11.0 Å². The molecule has 1 fully saturated rings. The molecule has 0 bridgehead atoms. The Morgan fingerprint density at radius 1 is 1.08 bits per heavy atom. The van der Waals surface area contributed by atoms with Gasteiger partial charge in [0.2, 0.25) is 11.0 Å². The smallest absolute Gasteiger partial charge is 0.236 e. The van der Waals surface area contributed by atoms with Crippen LogP contribution in [0.2, 0.25) is 0 Å². The van der Waals surface area contributed by atoms with E-state index in [4.69, 9.17) is 0 Å². The Labute approximate surface area is 223 Å². The number of aromatic nitrogens is 5. The number of thioether (sulfide) groups is 1. The molecule has 3 aromatic heterocycles. The fourth-order valence-corrected chi connectivity index (χ4v) is 7.26. The predicted molar refractivity (Wildman–Crippen MR) is 149 cm³/mol. The summed E-state index contributed by atoms with van der Waals surface area (Å²) in [5.74, 6) is 1.46. The predicted octanol–water partition coefficient (Wildman–Crippen LogP) is 6.94. The van der Waals surface area contributed by atoms with Gasteiger partial charge in [-0.05, 0) is 39.2 Å². The van der Waals surface area contributed by atoms with Gasteiger partial charge in [-0.15, -0.1) is 31.7 Å². The standard InChI is InChI=1S/C26H30N6OS3/c1-4-32-23(20-14-34-17(3)22(20)18-12-10-16(2)11-13-18)28-31-26(32)35-15-21(33)27-25-30-29-24(36-25)19-8-6-5-7-9-19/h10-14,19H,4-9,15H2,1-3H3,(H,27,30,33). The molecule has 3 heterocycles. The van der Waals surface area contributed by atoms with Crippen molar-refractivity contribution < 1.29 is 4.79 Å². The Kier molecular flexibility index (Phi) is 7.83. The summed E-state index contributed by atoms with van der Waals surface area (Å²) in [5, 5.41) is 25.0. The quantitative estimate of drug-likeness (QED) is 0.245. The summed E-state index contributed by atoms with van der Waals surface area (Å²) < 4.78 is 2.09. The molecular formula is C26H30N6OS3. The van der Waals surface area contributed by atoms with Gasteiger partial charge in [0.25, 0.3) is 0 Å². The number of anilines is 1. The third-order valence-corrected chi connectivity index (χ3v) is 9.44. The van der Waals surface area contributed by atoms with Crippen molar-refractivity contribution in [2.75, 3.05) is 11.1 Å². The van der Waals surface area contributed by atoms with E-state index in [1.54, 1.807) is 11.3 Å². The zero-order valence-corrected chi connectivity index (χ0v) is 23.2. The minimum Gasteiger partial charge on any atom is -0.302 e. The number of hydrogen-bond donors (Lipinski definition) is 1. The summed E-state index contributed by atoms with van der Waals surface area (Å²) >= 11 is 4.62. The van der Waals surface area contributed by atoms with E-state index >= 15 is 0 Å². The molecule has 0 atom stereocenters. The second-order valence-corrected chi connectivity index (χ2v) is 12.1. The average Bonchev–Trinajstić information content (AvgIpc) is 3.62. The van der Waals surface area contributed by atoms with Crippen molar-refractivity contribution in [2.24, 2.45) is 0 Å². The Balaban J connectivity index is 1.28. The number of nitrogens with zero attached hydrogens (tertiary/aromatic N) is 5. The average molecular weight is 539 g/mol. The highest BCUT2D eigenvalue weighted by molar-refractivity contribution is 7.99. The molecule has 188 valence electrons. The second kappa shape index (κ2) is 11.2. The Morgan fingerprint density at radius 3 is 2.61 bits per heavy atom. The van der Waals surface area contributed by atoms with Crippen LogP contribution in [0.3, 0.4) is 0 Å². The van der Waals surface area contributed by atoms with Crippen LogP contribution in [-0.4, -0.2) is 36.6 Å². The van der Waals surface area contributed by atoms with Crippen LogP contribution in [0.4, 0.5) is 5.13 Å². The molecule has 0 spiro atoms. The molecule has 10 heteroatoms. The number of amides is 1. The van der Waals surface area contributed by atoms with E-state index in [0.717, 1.165) is 28.1 Å². The highest BCUT2D eigenvalue weighted by Gasteiger charge is 2.22. The first-order chi connectivity index (χ1) is 17.5. The van der Waals surface area contributed by atoms with Crippen LogP contribution in [0.5, 0.6) is 0 Å². The number of hydrogen-bond acceptors (Lipinski definition) is 8. The van der Waals surface area contributed by atoms with Crippen LogP contribution in [0, 0.1) is 13.8 Å². The van der Waals surface area contributed by atoms with Crippen LogP contribution in [0.1, 0.15) is 60.4 Å². The minimum absolute atomic E-state index is 0.106. The van der Waals surface area contributed by atoms with Crippen LogP contribution in [-0.2, 0) is 11.3 Å². The Bertz CT molecular complexity index is 1330. The van der Waals surface area contributed by atoms with Gasteiger partial charge in [-0.3, -0.25) is 10.1 Å². The lowest BCUT2D eigenvalue weighted by atomic mass is 9.90. The normalized spacial score (nSPS) is 14.3. The Morgan fingerprint density at radius 2 is 1.86 bits per heavy atom. The SMILES string of the molecule is CCn1c(SCC(=O)Nc2nnc(C3CCCCC3)s2)nnc1-c1csc(C)c1-c1ccc(C)cc1. The molecule has 0 radical (unpaired) electrons. The zero-order chi connectivity index (χ0) is 25.1. The third kappa shape index (κ3) is 5.40. The van der Waals surface area contributed by atoms with Crippen LogP contribution in [0.15, 0.2) is 34.8 Å². The van der Waals surface area contributed by atoms with E-state index in [0.29, 0.717) is 11.0 Å². The van der Waals surface area contributed by atoms with Crippen LogP contribution >= 0.6 is 34.4 Å². The van der Waals surface area contributed by atoms with Gasteiger partial charge in [-0.1, -0.05) is 72.2 Å². The number of carbonyl (C=O) groups excluding carboxylic acids is 1. The topological polar surface area (TPSA) is 85.6 Å². The summed E-state index contributed by atoms with van der Waals surface area (Å²) in [6, 6.07) is 8.59. The number of benzene rings is 1. The molecule has 1 amide bonds. The molecule has 1 aliphatic carbocycles. The van der Waals surface area contributed by atoms with Gasteiger partial charge in [-0.25, -0.2) is 0 Å². The summed E-state index contributed by atoms with van der Waals surface area (Å²) in [6.07, 6.45) is 6.14. The lowest BCUT2D eigenvalue weighted by molar-refractivity contribution is -0.113. The first kappa shape index (κ1) is 25.1. The van der Waals surface area contributed by atoms with Gasteiger partial charge in [0.1, 0.15) is 5.01 Å². The largest absolute Gasteiger partial charge is 0.302 e. The summed E-state index contributed by atoms with van der Waals surface area (Å²) in [4.78, 5) is 13.9. The molecule has 0 saturated heterocycles. The molecule has 7 nitrogen and oxygen atoms in total. The fraction of sp³-hybridized carbons (Fsp3) is 0.423. The monoisotopic (exact) mass is 538 g/mol. The minimum atomic E-state index is -0.106. The van der Waals surface area contributed by atoms with Crippen LogP contribution < -0.4 is 5.32 Å². The second-order valence-electron chi connectivity index (χ2n) is 9.11. The zero-order valence-electron chi connectivity index (χ0n) is 20.8. The molecule has 4 aromatic rings. The van der Waals surface area contributed by atoms with Gasteiger partial charge in [-0.2, -0.15) is 0 Å². The molecule has 1 saturated carbocycles. The van der Waals surface area contributed by atoms with Crippen molar-refractivity contribution in [1.29, 1.82) is 0 Å². The fourth-order valence-electron chi connectivity index (χ4n) is 4.66. The molecule has 0 unspecified atom stereocenters. The van der Waals surface area contributed by atoms with Gasteiger partial charge < -0.3 is 4.57 Å². The van der Waals surface area contributed by atoms with Crippen molar-refractivity contribution in [3.63, 3.8) is 0 Å². The lowest BCUT2D eigenvalue weighted by Crippen LogP contribution is -2.14. The van der Waals surface area contributed by atoms with E-state index in [2.05, 4.69) is 80.7 Å². The highest BCUT2D eigenvalue weighted by Crippen LogP contribution is 2.39. The first-order valence-electron chi connectivity index (χ1n) is 12.4. The maximum atomic E-state index is 12.7. The van der Waals surface area contributed by atoms with Crippen molar-refractivity contribution in [3.8, 4) is 22.5 Å². The molecule has 36 heavy (non-hydrogen) atoms. The number of carbonyl (C=O) groups is 1. The third-order valence-electron chi connectivity index (χ3n) is 6.56. The summed E-state index contributed by atoms with van der Waals surface area (Å²) in [7, 11) is 0. The maximum absolute atomic E-state index is 12.7. The lowest BCUT2D eigenvalue weighted by Gasteiger charge is -2.18. The number of aryl methyl sites for hydroxylation is 2. The van der Waals surface area contributed by atoms with Gasteiger partial charge in [0, 0.05) is 33.8 Å². The molecule has 1 aliphatic rings. The number of nitrogens with one attached hydrogen (secondary N) is 1. The molecule has 5 rings (SSSR count). The van der Waals surface area contributed by atoms with E-state index < -0.39 is 0 Å². The summed E-state index contributed by atoms with van der Waals surface area (Å²) in [6.45, 7) is 7.04. The van der Waals surface area contributed by atoms with Crippen LogP contribution in [0.25, 0.3) is 22.5 Å². The van der Waals surface area contributed by atoms with Crippen molar-refractivity contribution in [3.05, 3.63) is 45.1 Å². The number of thiophene rings is 1. The molecule has 0 aliphatic heterocycles. The molecule has 1 aromatic carbocycles. The highest BCUT2D eigenvalue weighted by atomic mass is 32.2. The first-order valence-corrected chi connectivity index (χ1v) is 15.1. The van der Waals surface area contributed by atoms with Crippen molar-refractivity contribution in [1.82, 2.24) is 25.0 Å². The van der Waals surface area contributed by atoms with Gasteiger partial charge in [0.05, 0.1) is 5.75 Å². The van der Waals surface area contributed by atoms with E-state index in [1.165, 1.54) is 76.8 Å². The number of rotatable bonds is 8. The van der Waals surface area contributed by atoms with Crippen molar-refractivity contribution >= 4 is 45.5 Å². The maximum Gasteiger partial charge on any atom is 0.236 e. The van der Waals surface area contributed by atoms with Crippen molar-refractivity contribution in [2.45, 2.75) is 70.5 Å². The Hall–Kier alpha value is -2.56. The van der Waals surface area contributed by atoms with Gasteiger partial charge >= 0.3 is 0 Å².